The van der Waals surface area contributed by atoms with Crippen molar-refractivity contribution in [2.75, 3.05) is 13.2 Å². The van der Waals surface area contributed by atoms with Crippen LogP contribution in [0.2, 0.25) is 0 Å². The molecular formula is C62H117NO5. The summed E-state index contributed by atoms with van der Waals surface area (Å²) < 4.78 is 5.45. The molecule has 0 aliphatic carbocycles. The Kier molecular flexibility index (Phi) is 56.0. The highest BCUT2D eigenvalue weighted by molar-refractivity contribution is 5.76. The van der Waals surface area contributed by atoms with Crippen molar-refractivity contribution in [2.45, 2.75) is 334 Å². The second kappa shape index (κ2) is 57.7. The molecule has 6 nitrogen and oxygen atoms in total. The number of ether oxygens (including phenoxy) is 1. The summed E-state index contributed by atoms with van der Waals surface area (Å²) in [6, 6.07) is -0.550. The van der Waals surface area contributed by atoms with Crippen molar-refractivity contribution >= 4 is 11.9 Å². The van der Waals surface area contributed by atoms with Gasteiger partial charge in [0.15, 0.2) is 0 Å². The van der Waals surface area contributed by atoms with Crippen LogP contribution >= 0.6 is 0 Å². The molecule has 0 fully saturated rings. The summed E-state index contributed by atoms with van der Waals surface area (Å²) in [4.78, 5) is 24.5. The van der Waals surface area contributed by atoms with Crippen molar-refractivity contribution in [3.05, 3.63) is 36.5 Å². The Bertz CT molecular complexity index is 1100. The van der Waals surface area contributed by atoms with Crippen LogP contribution in [-0.4, -0.2) is 47.4 Å². The van der Waals surface area contributed by atoms with Crippen LogP contribution in [0.25, 0.3) is 0 Å². The van der Waals surface area contributed by atoms with Crippen LogP contribution in [0.3, 0.4) is 0 Å². The highest BCUT2D eigenvalue weighted by Crippen LogP contribution is 2.17. The largest absolute Gasteiger partial charge is 0.466 e. The number of nitrogens with one attached hydrogen (secondary N) is 1. The quantitative estimate of drug-likeness (QED) is 0.0244. The first-order chi connectivity index (χ1) is 33.5. The zero-order chi connectivity index (χ0) is 49.3. The lowest BCUT2D eigenvalue weighted by atomic mass is 10.0. The molecule has 2 atom stereocenters. The van der Waals surface area contributed by atoms with E-state index < -0.39 is 12.1 Å². The fourth-order valence-electron chi connectivity index (χ4n) is 9.27. The minimum absolute atomic E-state index is 0.0217. The molecule has 0 spiro atoms. The van der Waals surface area contributed by atoms with Crippen molar-refractivity contribution in [1.82, 2.24) is 5.32 Å². The Hall–Kier alpha value is -1.92. The van der Waals surface area contributed by atoms with Gasteiger partial charge in [-0.05, 0) is 83.5 Å². The number of carbonyl (C=O) groups is 2. The van der Waals surface area contributed by atoms with E-state index in [9.17, 15) is 19.8 Å². The van der Waals surface area contributed by atoms with Gasteiger partial charge in [0.25, 0.3) is 0 Å². The Morgan fingerprint density at radius 3 is 1.13 bits per heavy atom. The molecular weight excluding hydrogens is 839 g/mol. The zero-order valence-electron chi connectivity index (χ0n) is 45.6. The van der Waals surface area contributed by atoms with Crippen LogP contribution in [0.5, 0.6) is 0 Å². The maximum Gasteiger partial charge on any atom is 0.305 e. The molecule has 3 N–H and O–H groups in total. The van der Waals surface area contributed by atoms with Crippen LogP contribution in [0.4, 0.5) is 0 Å². The van der Waals surface area contributed by atoms with E-state index in [1.165, 1.54) is 218 Å². The average Bonchev–Trinajstić information content (AvgIpc) is 3.34. The minimum Gasteiger partial charge on any atom is -0.466 e. The van der Waals surface area contributed by atoms with Crippen molar-refractivity contribution in [3.8, 4) is 0 Å². The van der Waals surface area contributed by atoms with E-state index in [0.29, 0.717) is 25.9 Å². The standard InChI is InChI=1S/C62H117NO5/c1-3-5-7-9-11-13-15-17-19-20-24-27-30-34-38-42-46-50-54-60(65)59(58-64)63-61(66)55-51-47-43-39-35-31-28-25-22-21-23-26-29-33-37-41-45-49-53-57-68-62(67)56-52-48-44-40-36-32-18-16-14-12-10-8-6-4-2/h16,18,26,29,33,37,59-60,64-65H,3-15,17,19-25,27-28,30-32,34-36,38-58H2,1-2H3,(H,63,66)/b18-16-,29-26-,37-33-. The number of rotatable bonds is 56. The van der Waals surface area contributed by atoms with Crippen molar-refractivity contribution in [2.24, 2.45) is 0 Å². The first-order valence-electron chi connectivity index (χ1n) is 30.3. The third-order valence-electron chi connectivity index (χ3n) is 13.9. The van der Waals surface area contributed by atoms with E-state index in [-0.39, 0.29) is 18.5 Å². The lowest BCUT2D eigenvalue weighted by Crippen LogP contribution is -2.45. The predicted molar refractivity (Wildman–Crippen MR) is 296 cm³/mol. The molecule has 0 bridgehead atoms. The molecule has 0 saturated heterocycles. The Balaban J connectivity index is 3.48. The van der Waals surface area contributed by atoms with Gasteiger partial charge in [0.05, 0.1) is 25.4 Å². The molecule has 0 aliphatic heterocycles. The summed E-state index contributed by atoms with van der Waals surface area (Å²) in [5.41, 5.74) is 0. The van der Waals surface area contributed by atoms with Crippen LogP contribution in [0.15, 0.2) is 36.5 Å². The van der Waals surface area contributed by atoms with Gasteiger partial charge in [-0.15, -0.1) is 0 Å². The Morgan fingerprint density at radius 1 is 0.412 bits per heavy atom. The number of carbonyl (C=O) groups excluding carboxylic acids is 2. The first-order valence-corrected chi connectivity index (χ1v) is 30.3. The van der Waals surface area contributed by atoms with Crippen molar-refractivity contribution in [1.29, 1.82) is 0 Å². The molecule has 0 aromatic heterocycles. The van der Waals surface area contributed by atoms with E-state index in [1.54, 1.807) is 0 Å². The number of unbranched alkanes of at least 4 members (excludes halogenated alkanes) is 40. The molecule has 400 valence electrons. The summed E-state index contributed by atoms with van der Waals surface area (Å²) in [6.45, 7) is 4.91. The van der Waals surface area contributed by atoms with E-state index >= 15 is 0 Å². The number of aliphatic hydroxyl groups is 2. The maximum atomic E-state index is 12.5. The molecule has 0 aromatic rings. The maximum absolute atomic E-state index is 12.5. The van der Waals surface area contributed by atoms with Gasteiger partial charge in [-0.1, -0.05) is 262 Å². The molecule has 0 aliphatic rings. The van der Waals surface area contributed by atoms with Gasteiger partial charge in [0.1, 0.15) is 0 Å². The molecule has 68 heavy (non-hydrogen) atoms. The van der Waals surface area contributed by atoms with Gasteiger partial charge in [-0.3, -0.25) is 9.59 Å². The molecule has 0 rings (SSSR count). The second-order valence-corrected chi connectivity index (χ2v) is 20.7. The van der Waals surface area contributed by atoms with E-state index in [0.717, 1.165) is 70.6 Å². The third-order valence-corrected chi connectivity index (χ3v) is 13.9. The topological polar surface area (TPSA) is 95.9 Å². The first kappa shape index (κ1) is 66.1. The second-order valence-electron chi connectivity index (χ2n) is 20.7. The zero-order valence-corrected chi connectivity index (χ0v) is 45.6. The molecule has 6 heteroatoms. The van der Waals surface area contributed by atoms with Gasteiger partial charge >= 0.3 is 5.97 Å². The third kappa shape index (κ3) is 53.4. The van der Waals surface area contributed by atoms with Gasteiger partial charge in [-0.2, -0.15) is 0 Å². The number of hydrogen-bond donors (Lipinski definition) is 3. The Morgan fingerprint density at radius 2 is 0.735 bits per heavy atom. The summed E-state index contributed by atoms with van der Waals surface area (Å²) in [5, 5.41) is 23.3. The number of hydrogen-bond acceptors (Lipinski definition) is 5. The minimum atomic E-state index is -0.672. The van der Waals surface area contributed by atoms with Crippen molar-refractivity contribution in [3.63, 3.8) is 0 Å². The lowest BCUT2D eigenvalue weighted by molar-refractivity contribution is -0.143. The van der Waals surface area contributed by atoms with Crippen LogP contribution in [-0.2, 0) is 14.3 Å². The summed E-state index contributed by atoms with van der Waals surface area (Å²) in [7, 11) is 0. The van der Waals surface area contributed by atoms with Crippen molar-refractivity contribution < 1.29 is 24.5 Å². The number of allylic oxidation sites excluding steroid dienone is 6. The lowest BCUT2D eigenvalue weighted by Gasteiger charge is -2.22. The van der Waals surface area contributed by atoms with E-state index in [4.69, 9.17) is 4.74 Å². The number of amides is 1. The number of aliphatic hydroxyl groups excluding tert-OH is 2. The van der Waals surface area contributed by atoms with Crippen LogP contribution in [0, 0.1) is 0 Å². The van der Waals surface area contributed by atoms with E-state index in [2.05, 4.69) is 55.6 Å². The van der Waals surface area contributed by atoms with Crippen LogP contribution in [0.1, 0.15) is 322 Å². The molecule has 0 aromatic carbocycles. The SMILES string of the molecule is CCCCCCC/C=C\CCCCCCCC(=O)OCCCCC/C=C\C=C/CCCCCCCCCCCCC(=O)NC(CO)C(O)CCCCCCCCCCCCCCCCCCCC. The van der Waals surface area contributed by atoms with Gasteiger partial charge in [0, 0.05) is 12.8 Å². The molecule has 0 heterocycles. The average molecular weight is 957 g/mol. The highest BCUT2D eigenvalue weighted by atomic mass is 16.5. The summed E-state index contributed by atoms with van der Waals surface area (Å²) in [5.74, 6) is -0.0648. The molecule has 1 amide bonds. The monoisotopic (exact) mass is 956 g/mol. The molecule has 2 unspecified atom stereocenters. The summed E-state index contributed by atoms with van der Waals surface area (Å²) in [6.07, 6.45) is 71.4. The predicted octanol–water partition coefficient (Wildman–Crippen LogP) is 18.8. The Labute approximate surface area is 424 Å². The molecule has 0 saturated carbocycles. The van der Waals surface area contributed by atoms with Gasteiger partial charge in [0.2, 0.25) is 5.91 Å². The fraction of sp³-hybridized carbons (Fsp3) is 0.871. The fourth-order valence-corrected chi connectivity index (χ4v) is 9.27. The van der Waals surface area contributed by atoms with Gasteiger partial charge in [-0.25, -0.2) is 0 Å². The molecule has 0 radical (unpaired) electrons. The number of esters is 1. The highest BCUT2D eigenvalue weighted by Gasteiger charge is 2.20. The van der Waals surface area contributed by atoms with E-state index in [1.807, 2.05) is 0 Å². The normalized spacial score (nSPS) is 12.8. The smallest absolute Gasteiger partial charge is 0.305 e. The summed E-state index contributed by atoms with van der Waals surface area (Å²) >= 11 is 0. The van der Waals surface area contributed by atoms with Gasteiger partial charge < -0.3 is 20.3 Å². The van der Waals surface area contributed by atoms with Crippen LogP contribution < -0.4 is 5.32 Å².